The Bertz CT molecular complexity index is 537. The molecular weight excluding hydrogens is 363 g/mol. The highest BCUT2D eigenvalue weighted by Crippen LogP contribution is 2.21. The van der Waals surface area contributed by atoms with Gasteiger partial charge in [0.15, 0.2) is 0 Å². The molecule has 0 atom stereocenters. The van der Waals surface area contributed by atoms with Crippen molar-refractivity contribution in [3.63, 3.8) is 0 Å². The minimum absolute atomic E-state index is 0.447. The van der Waals surface area contributed by atoms with Gasteiger partial charge in [-0.25, -0.2) is 8.42 Å². The van der Waals surface area contributed by atoms with Crippen LogP contribution in [-0.2, 0) is 10.0 Å². The Balaban J connectivity index is 2.30. The van der Waals surface area contributed by atoms with Gasteiger partial charge in [-0.3, -0.25) is 0 Å². The number of rotatable bonds is 2. The average molecular weight is 381 g/mol. The number of likely N-dealkylation sites (N-methyl/N-ethyl adjacent to an activating group) is 1. The highest BCUT2D eigenvalue weighted by molar-refractivity contribution is 14.1. The van der Waals surface area contributed by atoms with E-state index in [2.05, 4.69) is 29.6 Å². The summed E-state index contributed by atoms with van der Waals surface area (Å²) in [4.78, 5) is 1.84. The predicted octanol–water partition coefficient (Wildman–Crippen LogP) is 0.119. The number of nitrogens with zero attached hydrogens (tertiary/aromatic N) is 1. The fraction of sp³-hybridized carbons (Fsp3) is 0.500. The minimum atomic E-state index is -3.32. The molecule has 1 fully saturated rings. The number of hydrogen-bond acceptors (Lipinski definition) is 2. The van der Waals surface area contributed by atoms with Crippen molar-refractivity contribution in [2.45, 2.75) is 11.8 Å². The second-order valence-electron chi connectivity index (χ2n) is 4.77. The summed E-state index contributed by atoms with van der Waals surface area (Å²) in [5.41, 5.74) is 0.827. The Kier molecular flexibility index (Phi) is 4.30. The summed E-state index contributed by atoms with van der Waals surface area (Å²) in [7, 11) is -1.22. The van der Waals surface area contributed by atoms with E-state index in [4.69, 9.17) is 0 Å². The summed E-state index contributed by atoms with van der Waals surface area (Å²) in [6.45, 7) is 4.83. The summed E-state index contributed by atoms with van der Waals surface area (Å²) in [5, 5.41) is 0. The number of aryl methyl sites for hydroxylation is 1. The third-order valence-electron chi connectivity index (χ3n) is 3.33. The second kappa shape index (κ2) is 5.44. The maximum absolute atomic E-state index is 12.5. The summed E-state index contributed by atoms with van der Waals surface area (Å²) >= 11 is 2.20. The molecule has 4 nitrogen and oxygen atoms in total. The lowest BCUT2D eigenvalue weighted by Gasteiger charge is -2.29. The zero-order valence-electron chi connectivity index (χ0n) is 10.6. The molecule has 0 unspecified atom stereocenters. The van der Waals surface area contributed by atoms with Gasteiger partial charge in [-0.05, 0) is 53.3 Å². The third kappa shape index (κ3) is 2.87. The number of nitrogens with one attached hydrogen (secondary N) is 1. The summed E-state index contributed by atoms with van der Waals surface area (Å²) < 4.78 is 27.7. The van der Waals surface area contributed by atoms with E-state index in [-0.39, 0.29) is 0 Å². The van der Waals surface area contributed by atoms with Gasteiger partial charge in [0.25, 0.3) is 0 Å². The Labute approximate surface area is 122 Å². The van der Waals surface area contributed by atoms with Crippen LogP contribution in [-0.4, -0.2) is 45.9 Å². The quantitative estimate of drug-likeness (QED) is 0.740. The van der Waals surface area contributed by atoms with Crippen LogP contribution in [0, 0.1) is 10.5 Å². The molecular formula is C12H18IN2O2S+. The standard InChI is InChI=1S/C12H17IN2O2S/c1-10-9-11(13)3-4-12(10)18(16,17)15-7-5-14(2)6-8-15/h3-4,9H,5-8H2,1-2H3/p+1. The van der Waals surface area contributed by atoms with Gasteiger partial charge < -0.3 is 4.90 Å². The Morgan fingerprint density at radius 1 is 1.28 bits per heavy atom. The molecule has 100 valence electrons. The molecule has 1 aliphatic rings. The van der Waals surface area contributed by atoms with E-state index in [1.54, 1.807) is 10.4 Å². The average Bonchev–Trinajstić information content (AvgIpc) is 2.29. The molecule has 1 aliphatic heterocycles. The lowest BCUT2D eigenvalue weighted by molar-refractivity contribution is -0.883. The van der Waals surface area contributed by atoms with Crippen molar-refractivity contribution in [2.75, 3.05) is 33.2 Å². The summed E-state index contributed by atoms with van der Waals surface area (Å²) in [6, 6.07) is 5.48. The van der Waals surface area contributed by atoms with Crippen LogP contribution in [0.25, 0.3) is 0 Å². The molecule has 0 aliphatic carbocycles. The lowest BCUT2D eigenvalue weighted by atomic mass is 10.2. The lowest BCUT2D eigenvalue weighted by Crippen LogP contribution is -3.12. The van der Waals surface area contributed by atoms with E-state index in [1.807, 2.05) is 19.1 Å². The molecule has 1 N–H and O–H groups in total. The molecule has 0 aromatic heterocycles. The van der Waals surface area contributed by atoms with Crippen LogP contribution >= 0.6 is 22.6 Å². The summed E-state index contributed by atoms with van der Waals surface area (Å²) in [5.74, 6) is 0. The smallest absolute Gasteiger partial charge is 0.243 e. The number of halogens is 1. The minimum Gasteiger partial charge on any atom is -0.335 e. The monoisotopic (exact) mass is 381 g/mol. The van der Waals surface area contributed by atoms with E-state index in [1.165, 1.54) is 4.90 Å². The number of quaternary nitrogens is 1. The Morgan fingerprint density at radius 2 is 1.89 bits per heavy atom. The highest BCUT2D eigenvalue weighted by Gasteiger charge is 2.30. The molecule has 6 heteroatoms. The molecule has 0 amide bonds. The van der Waals surface area contributed by atoms with E-state index in [9.17, 15) is 8.42 Å². The molecule has 2 rings (SSSR count). The largest absolute Gasteiger partial charge is 0.335 e. The van der Waals surface area contributed by atoms with Crippen LogP contribution in [0.4, 0.5) is 0 Å². The van der Waals surface area contributed by atoms with Gasteiger partial charge in [0.05, 0.1) is 38.1 Å². The van der Waals surface area contributed by atoms with Gasteiger partial charge in [0, 0.05) is 3.57 Å². The third-order valence-corrected chi connectivity index (χ3v) is 6.06. The van der Waals surface area contributed by atoms with Crippen LogP contribution in [0.3, 0.4) is 0 Å². The first-order valence-electron chi connectivity index (χ1n) is 5.99. The predicted molar refractivity (Wildman–Crippen MR) is 79.3 cm³/mol. The van der Waals surface area contributed by atoms with Gasteiger partial charge in [-0.2, -0.15) is 4.31 Å². The fourth-order valence-electron chi connectivity index (χ4n) is 2.15. The van der Waals surface area contributed by atoms with Crippen molar-refractivity contribution >= 4 is 32.6 Å². The number of piperazine rings is 1. The fourth-order valence-corrected chi connectivity index (χ4v) is 4.44. The van der Waals surface area contributed by atoms with Crippen molar-refractivity contribution in [2.24, 2.45) is 0 Å². The molecule has 1 heterocycles. The number of sulfonamides is 1. The van der Waals surface area contributed by atoms with Gasteiger partial charge in [0.2, 0.25) is 10.0 Å². The molecule has 0 radical (unpaired) electrons. The summed E-state index contributed by atoms with van der Waals surface area (Å²) in [6.07, 6.45) is 0. The molecule has 1 aromatic rings. The van der Waals surface area contributed by atoms with E-state index >= 15 is 0 Å². The maximum atomic E-state index is 12.5. The van der Waals surface area contributed by atoms with Crippen LogP contribution in [0.1, 0.15) is 5.56 Å². The van der Waals surface area contributed by atoms with Gasteiger partial charge in [-0.1, -0.05) is 0 Å². The molecule has 0 spiro atoms. The maximum Gasteiger partial charge on any atom is 0.243 e. The van der Waals surface area contributed by atoms with Crippen molar-refractivity contribution in [3.8, 4) is 0 Å². The topological polar surface area (TPSA) is 41.8 Å². The Hall–Kier alpha value is -0.180. The first-order valence-corrected chi connectivity index (χ1v) is 8.51. The number of hydrogen-bond donors (Lipinski definition) is 1. The zero-order chi connectivity index (χ0) is 13.3. The first-order chi connectivity index (χ1) is 8.41. The normalized spacial score (nSPS) is 19.1. The van der Waals surface area contributed by atoms with Gasteiger partial charge >= 0.3 is 0 Å². The SMILES string of the molecule is Cc1cc(I)ccc1S(=O)(=O)N1CC[NH+](C)CC1. The second-order valence-corrected chi connectivity index (χ2v) is 7.92. The van der Waals surface area contributed by atoms with Crippen molar-refractivity contribution in [1.29, 1.82) is 0 Å². The van der Waals surface area contributed by atoms with Crippen molar-refractivity contribution < 1.29 is 13.3 Å². The molecule has 18 heavy (non-hydrogen) atoms. The molecule has 1 aromatic carbocycles. The molecule has 0 bridgehead atoms. The zero-order valence-corrected chi connectivity index (χ0v) is 13.6. The van der Waals surface area contributed by atoms with Gasteiger partial charge in [-0.15, -0.1) is 0 Å². The van der Waals surface area contributed by atoms with E-state index < -0.39 is 10.0 Å². The van der Waals surface area contributed by atoms with Gasteiger partial charge in [0.1, 0.15) is 0 Å². The highest BCUT2D eigenvalue weighted by atomic mass is 127. The Morgan fingerprint density at radius 3 is 2.44 bits per heavy atom. The van der Waals surface area contributed by atoms with E-state index in [0.29, 0.717) is 18.0 Å². The van der Waals surface area contributed by atoms with Crippen molar-refractivity contribution in [1.82, 2.24) is 4.31 Å². The van der Waals surface area contributed by atoms with Crippen LogP contribution in [0.2, 0.25) is 0 Å². The molecule has 1 saturated heterocycles. The van der Waals surface area contributed by atoms with Crippen LogP contribution in [0.5, 0.6) is 0 Å². The van der Waals surface area contributed by atoms with Crippen molar-refractivity contribution in [3.05, 3.63) is 27.3 Å². The first kappa shape index (κ1) is 14.2. The molecule has 0 saturated carbocycles. The number of benzene rings is 1. The van der Waals surface area contributed by atoms with E-state index in [0.717, 1.165) is 22.2 Å². The van der Waals surface area contributed by atoms with Crippen LogP contribution in [0.15, 0.2) is 23.1 Å². The van der Waals surface area contributed by atoms with Crippen LogP contribution < -0.4 is 4.90 Å².